The lowest BCUT2D eigenvalue weighted by Gasteiger charge is -2.47. The highest BCUT2D eigenvalue weighted by Gasteiger charge is 2.52. The Morgan fingerprint density at radius 2 is 0.833 bits per heavy atom. The van der Waals surface area contributed by atoms with Gasteiger partial charge in [0.15, 0.2) is 18.1 Å². The summed E-state index contributed by atoms with van der Waals surface area (Å²) >= 11 is 0. The number of carbonyl (C=O) groups is 3. The molecule has 0 aliphatic heterocycles. The van der Waals surface area contributed by atoms with E-state index in [4.69, 9.17) is 0 Å². The van der Waals surface area contributed by atoms with Gasteiger partial charge in [-0.25, -0.2) is 14.4 Å². The molecular weight excluding hydrogens is 458 g/mol. The number of unbranched alkanes of at least 4 members (excludes halogenated alkanes) is 15. The van der Waals surface area contributed by atoms with E-state index in [0.717, 1.165) is 19.3 Å². The minimum atomic E-state index is -1.17. The normalized spacial score (nSPS) is 15.9. The number of carboxylic acid groups (broad SMARTS) is 3. The van der Waals surface area contributed by atoms with Crippen LogP contribution in [0, 0.1) is 0 Å². The van der Waals surface area contributed by atoms with Crippen LogP contribution in [0.15, 0.2) is 12.2 Å². The highest BCUT2D eigenvalue weighted by Crippen LogP contribution is 2.27. The second kappa shape index (κ2) is 20.2. The average Bonchev–Trinajstić information content (AvgIpc) is 2.84. The molecule has 36 heavy (non-hydrogen) atoms. The maximum Gasteiger partial charge on any atom is 0.362 e. The topological polar surface area (TPSA) is 112 Å². The predicted octanol–water partition coefficient (Wildman–Crippen LogP) is 7.04. The van der Waals surface area contributed by atoms with Crippen molar-refractivity contribution in [2.45, 2.75) is 149 Å². The van der Waals surface area contributed by atoms with Crippen LogP contribution in [0.5, 0.6) is 0 Å². The maximum absolute atomic E-state index is 11.8. The van der Waals surface area contributed by atoms with Gasteiger partial charge in [-0.15, -0.1) is 0 Å². The summed E-state index contributed by atoms with van der Waals surface area (Å²) < 4.78 is -0.476. The van der Waals surface area contributed by atoms with Gasteiger partial charge in [-0.05, 0) is 53.4 Å². The summed E-state index contributed by atoms with van der Waals surface area (Å²) in [4.78, 5) is 35.4. The molecule has 0 amide bonds. The molecule has 210 valence electrons. The number of nitrogens with zero attached hydrogens (tertiary/aromatic N) is 1. The molecule has 0 aromatic carbocycles. The van der Waals surface area contributed by atoms with Gasteiger partial charge in [0.1, 0.15) is 0 Å². The molecule has 0 aliphatic carbocycles. The van der Waals surface area contributed by atoms with Gasteiger partial charge in [0.25, 0.3) is 0 Å². The Hall–Kier alpha value is -1.89. The number of hydrogen-bond acceptors (Lipinski definition) is 3. The van der Waals surface area contributed by atoms with Crippen LogP contribution in [0.3, 0.4) is 0 Å². The second-order valence-electron chi connectivity index (χ2n) is 10.4. The van der Waals surface area contributed by atoms with Gasteiger partial charge in [-0.3, -0.25) is 4.48 Å². The minimum Gasteiger partial charge on any atom is -0.477 e. The number of rotatable bonds is 24. The summed E-state index contributed by atoms with van der Waals surface area (Å²) in [6.07, 6.45) is 23.5. The molecule has 3 unspecified atom stereocenters. The van der Waals surface area contributed by atoms with Crippen molar-refractivity contribution in [3.05, 3.63) is 12.2 Å². The van der Waals surface area contributed by atoms with Crippen LogP contribution in [0.1, 0.15) is 130 Å². The van der Waals surface area contributed by atoms with Crippen LogP contribution >= 0.6 is 0 Å². The molecule has 0 saturated carbocycles. The van der Waals surface area contributed by atoms with Crippen LogP contribution < -0.4 is 0 Å². The van der Waals surface area contributed by atoms with Crippen molar-refractivity contribution in [2.24, 2.45) is 0 Å². The summed E-state index contributed by atoms with van der Waals surface area (Å²) in [5, 5.41) is 28.9. The monoisotopic (exact) mass is 512 g/mol. The SMILES string of the molecule is C/C=C/CCCCCCCCCCCCCCCCC[N+](C(C)C(=O)O)(C(C)C(=O)O)C(C)C(=O)O. The Labute approximate surface area is 219 Å². The quantitative estimate of drug-likeness (QED) is 0.0726. The van der Waals surface area contributed by atoms with Crippen LogP contribution in [0.4, 0.5) is 0 Å². The number of allylic oxidation sites excluding steroid dienone is 2. The standard InChI is InChI=1S/C29H53NO6/c1-5-6-7-8-9-10-11-12-13-14-15-16-17-18-19-20-21-22-23-30(24(2)27(31)32,25(3)28(33)34)26(4)29(35)36/h5-6,24-26H,7-23H2,1-4H3,(H2-,31,32,33,34,35,36)/p+1/b6-5+. The summed E-state index contributed by atoms with van der Waals surface area (Å²) in [5.41, 5.74) is 0. The molecule has 3 N–H and O–H groups in total. The van der Waals surface area contributed by atoms with Crippen molar-refractivity contribution < 1.29 is 34.2 Å². The van der Waals surface area contributed by atoms with E-state index in [1.54, 1.807) is 0 Å². The fraction of sp³-hybridized carbons (Fsp3) is 0.828. The van der Waals surface area contributed by atoms with E-state index in [1.807, 2.05) is 0 Å². The molecule has 0 heterocycles. The Kier molecular flexibility index (Phi) is 19.1. The average molecular weight is 513 g/mol. The third-order valence-electron chi connectivity index (χ3n) is 7.89. The van der Waals surface area contributed by atoms with Crippen molar-refractivity contribution in [1.82, 2.24) is 0 Å². The molecule has 0 bridgehead atoms. The zero-order valence-corrected chi connectivity index (χ0v) is 23.4. The number of quaternary nitrogens is 1. The van der Waals surface area contributed by atoms with Gasteiger partial charge in [-0.2, -0.15) is 0 Å². The third-order valence-corrected chi connectivity index (χ3v) is 7.89. The first-order valence-electron chi connectivity index (χ1n) is 14.3. The first-order valence-corrected chi connectivity index (χ1v) is 14.3. The van der Waals surface area contributed by atoms with E-state index < -0.39 is 40.5 Å². The van der Waals surface area contributed by atoms with Crippen molar-refractivity contribution in [2.75, 3.05) is 6.54 Å². The Balaban J connectivity index is 4.16. The zero-order chi connectivity index (χ0) is 27.4. The molecule has 7 heteroatoms. The van der Waals surface area contributed by atoms with E-state index in [-0.39, 0.29) is 6.54 Å². The Morgan fingerprint density at radius 3 is 1.11 bits per heavy atom. The van der Waals surface area contributed by atoms with Gasteiger partial charge in [0, 0.05) is 0 Å². The number of aliphatic carboxylic acids is 3. The van der Waals surface area contributed by atoms with Crippen molar-refractivity contribution in [3.63, 3.8) is 0 Å². The van der Waals surface area contributed by atoms with Gasteiger partial charge in [-0.1, -0.05) is 89.2 Å². The van der Waals surface area contributed by atoms with E-state index in [9.17, 15) is 29.7 Å². The molecule has 0 fully saturated rings. The summed E-state index contributed by atoms with van der Waals surface area (Å²) in [7, 11) is 0. The van der Waals surface area contributed by atoms with E-state index >= 15 is 0 Å². The highest BCUT2D eigenvalue weighted by atomic mass is 16.4. The summed E-state index contributed by atoms with van der Waals surface area (Å²) in [6.45, 7) is 6.58. The van der Waals surface area contributed by atoms with Crippen LogP contribution in [0.25, 0.3) is 0 Å². The van der Waals surface area contributed by atoms with Gasteiger partial charge in [0.05, 0.1) is 6.54 Å². The van der Waals surface area contributed by atoms with Gasteiger partial charge < -0.3 is 15.3 Å². The lowest BCUT2D eigenvalue weighted by atomic mass is 9.99. The highest BCUT2D eigenvalue weighted by molar-refractivity contribution is 5.77. The lowest BCUT2D eigenvalue weighted by Crippen LogP contribution is -2.70. The number of carboxylic acids is 3. The van der Waals surface area contributed by atoms with Gasteiger partial charge in [0.2, 0.25) is 0 Å². The lowest BCUT2D eigenvalue weighted by molar-refractivity contribution is -0.968. The largest absolute Gasteiger partial charge is 0.477 e. The minimum absolute atomic E-state index is 0.226. The Bertz CT molecular complexity index is 597. The van der Waals surface area contributed by atoms with Crippen molar-refractivity contribution >= 4 is 17.9 Å². The third kappa shape index (κ3) is 12.9. The second-order valence-corrected chi connectivity index (χ2v) is 10.4. The number of hydrogen-bond donors (Lipinski definition) is 3. The molecule has 0 aromatic rings. The van der Waals surface area contributed by atoms with Crippen molar-refractivity contribution in [1.29, 1.82) is 0 Å². The maximum atomic E-state index is 11.8. The molecule has 0 aromatic heterocycles. The molecule has 0 rings (SSSR count). The molecule has 7 nitrogen and oxygen atoms in total. The molecule has 3 atom stereocenters. The van der Waals surface area contributed by atoms with E-state index in [2.05, 4.69) is 19.1 Å². The fourth-order valence-electron chi connectivity index (χ4n) is 5.32. The van der Waals surface area contributed by atoms with Crippen LogP contribution in [-0.4, -0.2) is 62.4 Å². The predicted molar refractivity (Wildman–Crippen MR) is 145 cm³/mol. The van der Waals surface area contributed by atoms with E-state index in [1.165, 1.54) is 97.8 Å². The van der Waals surface area contributed by atoms with Crippen LogP contribution in [0.2, 0.25) is 0 Å². The fourth-order valence-corrected chi connectivity index (χ4v) is 5.32. The van der Waals surface area contributed by atoms with E-state index in [0.29, 0.717) is 6.42 Å². The molecular formula is C29H54NO6+. The summed E-state index contributed by atoms with van der Waals surface area (Å²) in [6, 6.07) is -3.36. The van der Waals surface area contributed by atoms with Crippen LogP contribution in [-0.2, 0) is 14.4 Å². The first-order chi connectivity index (χ1) is 17.1. The Morgan fingerprint density at radius 1 is 0.556 bits per heavy atom. The molecule has 0 spiro atoms. The summed E-state index contributed by atoms with van der Waals surface area (Å²) in [5.74, 6) is -3.51. The van der Waals surface area contributed by atoms with Crippen molar-refractivity contribution in [3.8, 4) is 0 Å². The molecule has 0 saturated heterocycles. The van der Waals surface area contributed by atoms with Gasteiger partial charge >= 0.3 is 17.9 Å². The molecule has 0 aliphatic rings. The molecule has 0 radical (unpaired) electrons. The zero-order valence-electron chi connectivity index (χ0n) is 23.4. The smallest absolute Gasteiger partial charge is 0.362 e. The first kappa shape index (κ1) is 34.1.